The van der Waals surface area contributed by atoms with Crippen molar-refractivity contribution in [1.29, 1.82) is 0 Å². The molecule has 0 spiro atoms. The van der Waals surface area contributed by atoms with E-state index in [0.717, 1.165) is 102 Å². The number of esters is 4. The van der Waals surface area contributed by atoms with Crippen LogP contribution in [0.3, 0.4) is 0 Å². The third-order valence-corrected chi connectivity index (χ3v) is 20.9. The standard InChI is InChI=1S/C81H158O17P2/c1-7-9-11-13-15-17-19-20-21-22-23-24-25-26-27-28-34-41-47-53-59-65-80(85)97-76(70-92-79(84)64-58-52-46-40-33-30-29-32-37-43-49-55-61-73(3)4)71-95-99(87,88)93-67-75(82)68-94-100(89,90)96-72-77(69-91-78(83)63-57-51-45-39-31-18-16-14-12-10-8-2)98-81(86)66-60-54-48-42-36-35-38-44-50-56-62-74(5)6/h73-77,82H,7-72H2,1-6H3,(H,87,88)(H,89,90)/t75-,76-,77-/m1/s1. The highest BCUT2D eigenvalue weighted by Gasteiger charge is 2.30. The molecule has 0 heterocycles. The summed E-state index contributed by atoms with van der Waals surface area (Å²) in [5.74, 6) is -0.575. The van der Waals surface area contributed by atoms with Crippen molar-refractivity contribution in [3.05, 3.63) is 0 Å². The second kappa shape index (κ2) is 72.6. The molecule has 0 aliphatic rings. The number of aliphatic hydroxyl groups is 1. The van der Waals surface area contributed by atoms with Gasteiger partial charge in [0, 0.05) is 25.7 Å². The molecule has 0 amide bonds. The number of hydrogen-bond donors (Lipinski definition) is 3. The summed E-state index contributed by atoms with van der Waals surface area (Å²) in [6.45, 7) is 9.63. The number of aliphatic hydroxyl groups excluding tert-OH is 1. The van der Waals surface area contributed by atoms with Gasteiger partial charge in [0.25, 0.3) is 0 Å². The highest BCUT2D eigenvalue weighted by Crippen LogP contribution is 2.45. The fourth-order valence-electron chi connectivity index (χ4n) is 12.5. The molecule has 17 nitrogen and oxygen atoms in total. The van der Waals surface area contributed by atoms with Gasteiger partial charge in [0.15, 0.2) is 12.2 Å². The molecule has 5 atom stereocenters. The molecule has 0 aromatic heterocycles. The van der Waals surface area contributed by atoms with E-state index in [1.807, 2.05) is 0 Å². The van der Waals surface area contributed by atoms with E-state index >= 15 is 0 Å². The van der Waals surface area contributed by atoms with Crippen molar-refractivity contribution in [2.24, 2.45) is 11.8 Å². The van der Waals surface area contributed by atoms with E-state index in [0.29, 0.717) is 25.7 Å². The fraction of sp³-hybridized carbons (Fsp3) is 0.951. The van der Waals surface area contributed by atoms with Crippen LogP contribution in [0.1, 0.15) is 427 Å². The summed E-state index contributed by atoms with van der Waals surface area (Å²) in [6, 6.07) is 0. The van der Waals surface area contributed by atoms with Crippen molar-refractivity contribution in [3.8, 4) is 0 Å². The van der Waals surface area contributed by atoms with E-state index in [1.54, 1.807) is 0 Å². The first-order valence-electron chi connectivity index (χ1n) is 42.0. The van der Waals surface area contributed by atoms with Gasteiger partial charge in [-0.05, 0) is 37.5 Å². The van der Waals surface area contributed by atoms with E-state index in [9.17, 15) is 43.2 Å². The van der Waals surface area contributed by atoms with Crippen molar-refractivity contribution >= 4 is 39.5 Å². The molecule has 594 valence electrons. The second-order valence-corrected chi connectivity index (χ2v) is 33.0. The number of phosphoric acid groups is 2. The van der Waals surface area contributed by atoms with Gasteiger partial charge < -0.3 is 33.8 Å². The van der Waals surface area contributed by atoms with Crippen LogP contribution in [0.15, 0.2) is 0 Å². The Morgan fingerprint density at radius 2 is 0.460 bits per heavy atom. The predicted octanol–water partition coefficient (Wildman–Crippen LogP) is 24.3. The van der Waals surface area contributed by atoms with Gasteiger partial charge in [-0.1, -0.05) is 375 Å². The SMILES string of the molecule is CCCCCCCCCCCCCCCCCCCCCCCC(=O)O[C@H](COC(=O)CCCCCCCCCCCCCCC(C)C)COP(=O)(O)OC[C@@H](O)COP(=O)(O)OC[C@@H](COC(=O)CCCCCCCCCCCCC)OC(=O)CCCCCCCCCCCCC(C)C. The van der Waals surface area contributed by atoms with Crippen LogP contribution in [0.5, 0.6) is 0 Å². The smallest absolute Gasteiger partial charge is 0.462 e. The van der Waals surface area contributed by atoms with Gasteiger partial charge in [-0.3, -0.25) is 37.3 Å². The van der Waals surface area contributed by atoms with Crippen LogP contribution in [0.25, 0.3) is 0 Å². The lowest BCUT2D eigenvalue weighted by molar-refractivity contribution is -0.161. The van der Waals surface area contributed by atoms with Crippen molar-refractivity contribution < 1.29 is 80.2 Å². The average molecular weight is 1470 g/mol. The second-order valence-electron chi connectivity index (χ2n) is 30.1. The molecule has 100 heavy (non-hydrogen) atoms. The highest BCUT2D eigenvalue weighted by molar-refractivity contribution is 7.47. The molecular weight excluding hydrogens is 1310 g/mol. The zero-order valence-electron chi connectivity index (χ0n) is 65.5. The van der Waals surface area contributed by atoms with Crippen molar-refractivity contribution in [1.82, 2.24) is 0 Å². The van der Waals surface area contributed by atoms with Crippen LogP contribution in [-0.2, 0) is 65.4 Å². The highest BCUT2D eigenvalue weighted by atomic mass is 31.2. The van der Waals surface area contributed by atoms with Crippen molar-refractivity contribution in [2.45, 2.75) is 445 Å². The predicted molar refractivity (Wildman–Crippen MR) is 409 cm³/mol. The van der Waals surface area contributed by atoms with Gasteiger partial charge in [0.1, 0.15) is 19.3 Å². The zero-order valence-corrected chi connectivity index (χ0v) is 67.3. The summed E-state index contributed by atoms with van der Waals surface area (Å²) in [4.78, 5) is 73.0. The number of carbonyl (C=O) groups is 4. The normalized spacial score (nSPS) is 13.9. The molecule has 3 N–H and O–H groups in total. The summed E-state index contributed by atoms with van der Waals surface area (Å²) in [5.41, 5.74) is 0. The first kappa shape index (κ1) is 98.1. The first-order valence-corrected chi connectivity index (χ1v) is 45.0. The molecule has 0 radical (unpaired) electrons. The Bertz CT molecular complexity index is 1920. The Kier molecular flexibility index (Phi) is 71.2. The molecule has 19 heteroatoms. The van der Waals surface area contributed by atoms with Gasteiger partial charge in [-0.25, -0.2) is 9.13 Å². The van der Waals surface area contributed by atoms with E-state index in [-0.39, 0.29) is 25.7 Å². The number of ether oxygens (including phenoxy) is 4. The molecule has 0 aliphatic carbocycles. The number of carbonyl (C=O) groups excluding carboxylic acids is 4. The Balaban J connectivity index is 5.23. The van der Waals surface area contributed by atoms with E-state index in [4.69, 9.17) is 37.0 Å². The molecule has 0 aliphatic heterocycles. The lowest BCUT2D eigenvalue weighted by atomic mass is 10.0. The number of phosphoric ester groups is 2. The van der Waals surface area contributed by atoms with Crippen LogP contribution in [-0.4, -0.2) is 96.7 Å². The zero-order chi connectivity index (χ0) is 73.5. The maximum atomic E-state index is 13.1. The minimum atomic E-state index is -4.96. The van der Waals surface area contributed by atoms with Crippen LogP contribution in [0.2, 0.25) is 0 Å². The maximum Gasteiger partial charge on any atom is 0.472 e. The molecule has 0 aromatic carbocycles. The Morgan fingerprint density at radius 1 is 0.270 bits per heavy atom. The molecule has 2 unspecified atom stereocenters. The monoisotopic (exact) mass is 1470 g/mol. The van der Waals surface area contributed by atoms with E-state index < -0.39 is 97.5 Å². The molecule has 0 saturated heterocycles. The summed E-state index contributed by atoms with van der Waals surface area (Å²) in [6.07, 6.45) is 62.5. The van der Waals surface area contributed by atoms with Gasteiger partial charge in [0.05, 0.1) is 26.4 Å². The first-order chi connectivity index (χ1) is 48.4. The van der Waals surface area contributed by atoms with Crippen LogP contribution < -0.4 is 0 Å². The molecule has 0 saturated carbocycles. The maximum absolute atomic E-state index is 13.1. The van der Waals surface area contributed by atoms with Crippen LogP contribution >= 0.6 is 15.6 Å². The number of hydrogen-bond acceptors (Lipinski definition) is 15. The van der Waals surface area contributed by atoms with Gasteiger partial charge in [0.2, 0.25) is 0 Å². The summed E-state index contributed by atoms with van der Waals surface area (Å²) in [5, 5.41) is 10.6. The molecular formula is C81H158O17P2. The quantitative estimate of drug-likeness (QED) is 0.0222. The molecule has 0 fully saturated rings. The van der Waals surface area contributed by atoms with Crippen LogP contribution in [0, 0.1) is 11.8 Å². The van der Waals surface area contributed by atoms with E-state index in [1.165, 1.54) is 244 Å². The lowest BCUT2D eigenvalue weighted by Gasteiger charge is -2.21. The number of unbranched alkanes of at least 4 members (excludes halogenated alkanes) is 50. The Morgan fingerprint density at radius 3 is 0.680 bits per heavy atom. The molecule has 0 bridgehead atoms. The lowest BCUT2D eigenvalue weighted by Crippen LogP contribution is -2.30. The summed E-state index contributed by atoms with van der Waals surface area (Å²) >= 11 is 0. The van der Waals surface area contributed by atoms with Gasteiger partial charge >= 0.3 is 39.5 Å². The van der Waals surface area contributed by atoms with E-state index in [2.05, 4.69) is 41.5 Å². The molecule has 0 aromatic rings. The van der Waals surface area contributed by atoms with Gasteiger partial charge in [-0.2, -0.15) is 0 Å². The third-order valence-electron chi connectivity index (χ3n) is 19.0. The Hall–Kier alpha value is -1.94. The fourth-order valence-corrected chi connectivity index (χ4v) is 14.1. The third kappa shape index (κ3) is 74.3. The topological polar surface area (TPSA) is 237 Å². The molecule has 0 rings (SSSR count). The summed E-state index contributed by atoms with van der Waals surface area (Å²) < 4.78 is 68.7. The minimum Gasteiger partial charge on any atom is -0.462 e. The van der Waals surface area contributed by atoms with Crippen molar-refractivity contribution in [3.63, 3.8) is 0 Å². The van der Waals surface area contributed by atoms with Crippen molar-refractivity contribution in [2.75, 3.05) is 39.6 Å². The minimum absolute atomic E-state index is 0.106. The summed E-state index contributed by atoms with van der Waals surface area (Å²) in [7, 11) is -9.92. The largest absolute Gasteiger partial charge is 0.472 e. The number of rotatable bonds is 80. The average Bonchev–Trinajstić information content (AvgIpc) is 0.934. The van der Waals surface area contributed by atoms with Crippen LogP contribution in [0.4, 0.5) is 0 Å². The van der Waals surface area contributed by atoms with Gasteiger partial charge in [-0.15, -0.1) is 0 Å². The Labute approximate surface area is 613 Å².